The summed E-state index contributed by atoms with van der Waals surface area (Å²) in [5.74, 6) is 0. The van der Waals surface area contributed by atoms with Gasteiger partial charge in [0, 0.05) is 44.5 Å². The average Bonchev–Trinajstić information content (AvgIpc) is 2.67. The molecule has 0 spiro atoms. The van der Waals surface area contributed by atoms with E-state index in [9.17, 15) is 0 Å². The maximum atomic E-state index is 4.43. The highest BCUT2D eigenvalue weighted by Crippen LogP contribution is 2.14. The fraction of sp³-hybridized carbons (Fsp3) is 0.750. The predicted molar refractivity (Wildman–Crippen MR) is 72.6 cm³/mol. The molecule has 5 heteroatoms. The van der Waals surface area contributed by atoms with Gasteiger partial charge in [0.15, 0.2) is 0 Å². The van der Waals surface area contributed by atoms with Crippen LogP contribution in [-0.4, -0.2) is 40.9 Å². The summed E-state index contributed by atoms with van der Waals surface area (Å²) in [6.07, 6.45) is 4.16. The second kappa shape index (κ2) is 5.85. The normalized spacial score (nSPS) is 17.8. The monoisotopic (exact) mass is 258 g/mol. The highest BCUT2D eigenvalue weighted by molar-refractivity contribution is 5.85. The van der Waals surface area contributed by atoms with Crippen molar-refractivity contribution in [1.82, 2.24) is 20.0 Å². The van der Waals surface area contributed by atoms with Crippen molar-refractivity contribution in [1.29, 1.82) is 0 Å². The van der Waals surface area contributed by atoms with Crippen molar-refractivity contribution in [3.63, 3.8) is 0 Å². The van der Waals surface area contributed by atoms with Crippen molar-refractivity contribution in [2.75, 3.05) is 26.2 Å². The van der Waals surface area contributed by atoms with E-state index in [1.165, 1.54) is 5.56 Å². The summed E-state index contributed by atoms with van der Waals surface area (Å²) < 4.78 is 2.05. The first-order valence-electron chi connectivity index (χ1n) is 6.03. The van der Waals surface area contributed by atoms with Crippen LogP contribution in [0, 0.1) is 0 Å². The van der Waals surface area contributed by atoms with E-state index < -0.39 is 0 Å². The molecule has 0 aliphatic carbocycles. The van der Waals surface area contributed by atoms with Gasteiger partial charge >= 0.3 is 0 Å². The minimum atomic E-state index is 0. The number of hydrogen-bond acceptors (Lipinski definition) is 3. The molecule has 1 aromatic rings. The Labute approximate surface area is 110 Å². The summed E-state index contributed by atoms with van der Waals surface area (Å²) in [5.41, 5.74) is 1.40. The number of halogens is 1. The molecule has 1 aliphatic rings. The second-order valence-corrected chi connectivity index (χ2v) is 5.49. The number of aromatic nitrogens is 2. The summed E-state index contributed by atoms with van der Waals surface area (Å²) in [7, 11) is 0. The molecule has 1 fully saturated rings. The fourth-order valence-corrected chi connectivity index (χ4v) is 1.94. The number of nitrogens with one attached hydrogen (secondary N) is 1. The van der Waals surface area contributed by atoms with Gasteiger partial charge in [0.25, 0.3) is 0 Å². The van der Waals surface area contributed by atoms with Gasteiger partial charge in [-0.15, -0.1) is 12.4 Å². The summed E-state index contributed by atoms with van der Waals surface area (Å²) in [4.78, 5) is 2.47. The standard InChI is InChI=1S/C12H22N4.ClH/c1-12(2,3)16-10-11(8-14-16)9-15-6-4-13-5-7-15;/h8,10,13H,4-7,9H2,1-3H3;1H. The Hall–Kier alpha value is -0.580. The van der Waals surface area contributed by atoms with Crippen LogP contribution in [0.25, 0.3) is 0 Å². The lowest BCUT2D eigenvalue weighted by Gasteiger charge is -2.26. The summed E-state index contributed by atoms with van der Waals surface area (Å²) in [5, 5.41) is 7.79. The third kappa shape index (κ3) is 3.98. The average molecular weight is 259 g/mol. The smallest absolute Gasteiger partial charge is 0.0543 e. The lowest BCUT2D eigenvalue weighted by atomic mass is 10.1. The first kappa shape index (κ1) is 14.5. The molecule has 4 nitrogen and oxygen atoms in total. The predicted octanol–water partition coefficient (Wildman–Crippen LogP) is 1.47. The molecule has 0 atom stereocenters. The zero-order valence-corrected chi connectivity index (χ0v) is 11.8. The zero-order chi connectivity index (χ0) is 11.6. The first-order valence-corrected chi connectivity index (χ1v) is 6.03. The molecule has 17 heavy (non-hydrogen) atoms. The number of nitrogens with zero attached hydrogens (tertiary/aromatic N) is 3. The van der Waals surface area contributed by atoms with Gasteiger partial charge in [-0.2, -0.15) is 5.10 Å². The van der Waals surface area contributed by atoms with Crippen molar-refractivity contribution in [3.05, 3.63) is 18.0 Å². The summed E-state index contributed by atoms with van der Waals surface area (Å²) in [6.45, 7) is 12.0. The highest BCUT2D eigenvalue weighted by atomic mass is 35.5. The fourth-order valence-electron chi connectivity index (χ4n) is 1.94. The third-order valence-electron chi connectivity index (χ3n) is 2.94. The van der Waals surface area contributed by atoms with Gasteiger partial charge in [-0.05, 0) is 20.8 Å². The molecule has 2 heterocycles. The highest BCUT2D eigenvalue weighted by Gasteiger charge is 2.15. The van der Waals surface area contributed by atoms with E-state index in [0.29, 0.717) is 0 Å². The second-order valence-electron chi connectivity index (χ2n) is 5.49. The van der Waals surface area contributed by atoms with Crippen molar-refractivity contribution >= 4 is 12.4 Å². The molecule has 1 saturated heterocycles. The van der Waals surface area contributed by atoms with Crippen LogP contribution >= 0.6 is 12.4 Å². The van der Waals surface area contributed by atoms with Gasteiger partial charge in [0.05, 0.1) is 11.7 Å². The molecule has 1 aromatic heterocycles. The molecule has 0 bridgehead atoms. The van der Waals surface area contributed by atoms with Crippen LogP contribution in [0.15, 0.2) is 12.4 Å². The van der Waals surface area contributed by atoms with E-state index in [4.69, 9.17) is 0 Å². The van der Waals surface area contributed by atoms with Gasteiger partial charge < -0.3 is 5.32 Å². The quantitative estimate of drug-likeness (QED) is 0.872. The number of rotatable bonds is 2. The van der Waals surface area contributed by atoms with Gasteiger partial charge in [-0.1, -0.05) is 0 Å². The minimum Gasteiger partial charge on any atom is -0.314 e. The minimum absolute atomic E-state index is 0. The van der Waals surface area contributed by atoms with E-state index in [-0.39, 0.29) is 17.9 Å². The van der Waals surface area contributed by atoms with Crippen LogP contribution in [0.2, 0.25) is 0 Å². The Morgan fingerprint density at radius 1 is 1.29 bits per heavy atom. The SMILES string of the molecule is CC(C)(C)n1cc(CN2CCNCC2)cn1.Cl. The summed E-state index contributed by atoms with van der Waals surface area (Å²) >= 11 is 0. The molecule has 0 radical (unpaired) electrons. The van der Waals surface area contributed by atoms with E-state index in [1.807, 2.05) is 10.9 Å². The van der Waals surface area contributed by atoms with E-state index >= 15 is 0 Å². The van der Waals surface area contributed by atoms with Crippen molar-refractivity contribution < 1.29 is 0 Å². The molecule has 0 amide bonds. The molecular weight excluding hydrogens is 236 g/mol. The Morgan fingerprint density at radius 2 is 1.94 bits per heavy atom. The van der Waals surface area contributed by atoms with Crippen LogP contribution < -0.4 is 5.32 Å². The number of piperazine rings is 1. The first-order chi connectivity index (χ1) is 7.55. The Bertz CT molecular complexity index is 337. The molecule has 2 rings (SSSR count). The maximum Gasteiger partial charge on any atom is 0.0543 e. The van der Waals surface area contributed by atoms with E-state index in [1.54, 1.807) is 0 Å². The number of hydrogen-bond donors (Lipinski definition) is 1. The van der Waals surface area contributed by atoms with Gasteiger partial charge in [0.2, 0.25) is 0 Å². The molecule has 1 N–H and O–H groups in total. The van der Waals surface area contributed by atoms with Gasteiger partial charge in [-0.3, -0.25) is 9.58 Å². The van der Waals surface area contributed by atoms with Crippen LogP contribution in [0.1, 0.15) is 26.3 Å². The van der Waals surface area contributed by atoms with Gasteiger partial charge in [0.1, 0.15) is 0 Å². The lowest BCUT2D eigenvalue weighted by molar-refractivity contribution is 0.233. The Kier molecular flexibility index (Phi) is 4.98. The Morgan fingerprint density at radius 3 is 2.47 bits per heavy atom. The molecule has 98 valence electrons. The van der Waals surface area contributed by atoms with Crippen LogP contribution in [-0.2, 0) is 12.1 Å². The zero-order valence-electron chi connectivity index (χ0n) is 10.9. The van der Waals surface area contributed by atoms with Crippen molar-refractivity contribution in [2.45, 2.75) is 32.9 Å². The molecule has 0 unspecified atom stereocenters. The van der Waals surface area contributed by atoms with Crippen molar-refractivity contribution in [3.8, 4) is 0 Å². The third-order valence-corrected chi connectivity index (χ3v) is 2.94. The van der Waals surface area contributed by atoms with E-state index in [0.717, 1.165) is 32.7 Å². The van der Waals surface area contributed by atoms with Crippen LogP contribution in [0.4, 0.5) is 0 Å². The molecule has 0 aromatic carbocycles. The molecule has 1 aliphatic heterocycles. The molecule has 0 saturated carbocycles. The Balaban J connectivity index is 0.00000144. The van der Waals surface area contributed by atoms with Crippen LogP contribution in [0.3, 0.4) is 0 Å². The lowest BCUT2D eigenvalue weighted by Crippen LogP contribution is -2.42. The molecular formula is C12H23ClN4. The topological polar surface area (TPSA) is 33.1 Å². The van der Waals surface area contributed by atoms with Gasteiger partial charge in [-0.25, -0.2) is 0 Å². The van der Waals surface area contributed by atoms with E-state index in [2.05, 4.69) is 42.3 Å². The largest absolute Gasteiger partial charge is 0.314 e. The summed E-state index contributed by atoms with van der Waals surface area (Å²) in [6, 6.07) is 0. The maximum absolute atomic E-state index is 4.43. The van der Waals surface area contributed by atoms with Crippen LogP contribution in [0.5, 0.6) is 0 Å². The van der Waals surface area contributed by atoms with Crippen molar-refractivity contribution in [2.24, 2.45) is 0 Å².